The van der Waals surface area contributed by atoms with E-state index in [1.165, 1.54) is 0 Å². The second kappa shape index (κ2) is 8.20. The van der Waals surface area contributed by atoms with Crippen molar-refractivity contribution in [1.29, 1.82) is 5.26 Å². The van der Waals surface area contributed by atoms with Crippen molar-refractivity contribution in [3.63, 3.8) is 0 Å². The molecule has 0 N–H and O–H groups in total. The molecule has 1 aliphatic heterocycles. The van der Waals surface area contributed by atoms with Gasteiger partial charge in [-0.25, -0.2) is 4.98 Å². The average molecular weight is 422 g/mol. The van der Waals surface area contributed by atoms with Crippen LogP contribution in [0.5, 0.6) is 11.8 Å². The number of benzene rings is 2. The Labute approximate surface area is 186 Å². The summed E-state index contributed by atoms with van der Waals surface area (Å²) in [5.41, 5.74) is 7.65. The van der Waals surface area contributed by atoms with E-state index in [1.807, 2.05) is 48.7 Å². The van der Waals surface area contributed by atoms with Crippen molar-refractivity contribution in [2.24, 2.45) is 0 Å². The standard InChI is InChI=1S/C26H22N4O2/c1-3-31-26-29-24-17(2)11-13-28-25(24)30(26)15-18-8-9-20-19(14-18)16-32-23-7-5-4-6-22(23)21(20)10-12-27/h4-11,13-14H,3,15-16H2,1-2H3/b21-10-. The first kappa shape index (κ1) is 19.8. The Bertz CT molecular complexity index is 1390. The maximum atomic E-state index is 9.39. The van der Waals surface area contributed by atoms with Crippen LogP contribution in [-0.2, 0) is 13.2 Å². The van der Waals surface area contributed by atoms with Crippen LogP contribution in [0.1, 0.15) is 34.7 Å². The van der Waals surface area contributed by atoms with Crippen molar-refractivity contribution in [2.75, 3.05) is 6.61 Å². The number of para-hydroxylation sites is 1. The molecule has 158 valence electrons. The SMILES string of the molecule is CCOc1nc2c(C)ccnc2n1Cc1ccc2c(c1)COc1ccccc1/C2=C\C#N. The largest absolute Gasteiger partial charge is 0.488 e. The molecule has 0 saturated carbocycles. The molecule has 0 saturated heterocycles. The molecule has 0 spiro atoms. The summed E-state index contributed by atoms with van der Waals surface area (Å²) in [5, 5.41) is 9.39. The molecule has 0 amide bonds. The Hall–Kier alpha value is -4.11. The first-order valence-electron chi connectivity index (χ1n) is 10.6. The number of hydrogen-bond acceptors (Lipinski definition) is 5. The summed E-state index contributed by atoms with van der Waals surface area (Å²) in [6, 6.07) is 18.8. The van der Waals surface area contributed by atoms with Gasteiger partial charge in [0.15, 0.2) is 5.65 Å². The molecule has 6 heteroatoms. The lowest BCUT2D eigenvalue weighted by atomic mass is 9.93. The van der Waals surface area contributed by atoms with Gasteiger partial charge in [-0.15, -0.1) is 0 Å². The fourth-order valence-corrected chi connectivity index (χ4v) is 4.15. The van der Waals surface area contributed by atoms with Gasteiger partial charge < -0.3 is 9.47 Å². The smallest absolute Gasteiger partial charge is 0.298 e. The first-order chi connectivity index (χ1) is 15.7. The van der Waals surface area contributed by atoms with Crippen LogP contribution < -0.4 is 9.47 Å². The topological polar surface area (TPSA) is 73.0 Å². The van der Waals surface area contributed by atoms with E-state index in [1.54, 1.807) is 12.3 Å². The molecule has 0 atom stereocenters. The number of fused-ring (bicyclic) bond motifs is 3. The molecule has 3 heterocycles. The predicted octanol–water partition coefficient (Wildman–Crippen LogP) is 5.03. The van der Waals surface area contributed by atoms with Gasteiger partial charge in [-0.2, -0.15) is 10.2 Å². The van der Waals surface area contributed by atoms with Crippen molar-refractivity contribution < 1.29 is 9.47 Å². The Balaban J connectivity index is 1.58. The first-order valence-corrected chi connectivity index (χ1v) is 10.6. The highest BCUT2D eigenvalue weighted by Gasteiger charge is 2.20. The van der Waals surface area contributed by atoms with Gasteiger partial charge in [-0.05, 0) is 54.3 Å². The third kappa shape index (κ3) is 3.38. The van der Waals surface area contributed by atoms with Crippen molar-refractivity contribution in [3.8, 4) is 17.8 Å². The maximum Gasteiger partial charge on any atom is 0.298 e. The number of aryl methyl sites for hydroxylation is 1. The lowest BCUT2D eigenvalue weighted by Crippen LogP contribution is -2.07. The van der Waals surface area contributed by atoms with E-state index in [4.69, 9.17) is 9.47 Å². The van der Waals surface area contributed by atoms with Crippen LogP contribution in [0.3, 0.4) is 0 Å². The van der Waals surface area contributed by atoms with Crippen LogP contribution in [0.25, 0.3) is 16.7 Å². The summed E-state index contributed by atoms with van der Waals surface area (Å²) in [7, 11) is 0. The van der Waals surface area contributed by atoms with E-state index in [9.17, 15) is 5.26 Å². The normalized spacial score (nSPS) is 13.7. The number of imidazole rings is 1. The van der Waals surface area contributed by atoms with E-state index >= 15 is 0 Å². The number of ether oxygens (including phenoxy) is 2. The molecule has 0 unspecified atom stereocenters. The van der Waals surface area contributed by atoms with Crippen LogP contribution >= 0.6 is 0 Å². The van der Waals surface area contributed by atoms with Gasteiger partial charge in [0.05, 0.1) is 19.2 Å². The van der Waals surface area contributed by atoms with Crippen LogP contribution in [-0.4, -0.2) is 21.1 Å². The van der Waals surface area contributed by atoms with E-state index in [-0.39, 0.29) is 0 Å². The Kier molecular flexibility index (Phi) is 5.08. The molecule has 0 aliphatic carbocycles. The number of nitriles is 1. The summed E-state index contributed by atoms with van der Waals surface area (Å²) in [6.45, 7) is 5.51. The second-order valence-corrected chi connectivity index (χ2v) is 7.68. The molecule has 0 fully saturated rings. The van der Waals surface area contributed by atoms with Gasteiger partial charge in [0.25, 0.3) is 6.01 Å². The Morgan fingerprint density at radius 3 is 2.91 bits per heavy atom. The van der Waals surface area contributed by atoms with Crippen molar-refractivity contribution in [3.05, 3.63) is 88.6 Å². The highest BCUT2D eigenvalue weighted by Crippen LogP contribution is 2.37. The van der Waals surface area contributed by atoms with E-state index < -0.39 is 0 Å². The Morgan fingerprint density at radius 2 is 2.06 bits per heavy atom. The van der Waals surface area contributed by atoms with Gasteiger partial charge in [0.2, 0.25) is 0 Å². The van der Waals surface area contributed by atoms with Gasteiger partial charge in [0, 0.05) is 23.4 Å². The van der Waals surface area contributed by atoms with Crippen LogP contribution in [0.15, 0.2) is 60.8 Å². The zero-order chi connectivity index (χ0) is 22.1. The molecule has 6 nitrogen and oxygen atoms in total. The monoisotopic (exact) mass is 422 g/mol. The van der Waals surface area contributed by atoms with Gasteiger partial charge in [-0.3, -0.25) is 4.57 Å². The van der Waals surface area contributed by atoms with E-state index in [0.29, 0.717) is 25.8 Å². The van der Waals surface area contributed by atoms with Crippen LogP contribution in [0.2, 0.25) is 0 Å². The summed E-state index contributed by atoms with van der Waals surface area (Å²) >= 11 is 0. The predicted molar refractivity (Wildman–Crippen MR) is 122 cm³/mol. The molecule has 5 rings (SSSR count). The minimum Gasteiger partial charge on any atom is -0.488 e. The Morgan fingerprint density at radius 1 is 1.19 bits per heavy atom. The average Bonchev–Trinajstić information content (AvgIpc) is 3.07. The van der Waals surface area contributed by atoms with Crippen molar-refractivity contribution in [1.82, 2.24) is 14.5 Å². The number of allylic oxidation sites excluding steroid dienone is 1. The lowest BCUT2D eigenvalue weighted by Gasteiger charge is -2.12. The lowest BCUT2D eigenvalue weighted by molar-refractivity contribution is 0.300. The molecular formula is C26H22N4O2. The van der Waals surface area contributed by atoms with E-state index in [0.717, 1.165) is 50.3 Å². The summed E-state index contributed by atoms with van der Waals surface area (Å²) in [6.07, 6.45) is 3.39. The summed E-state index contributed by atoms with van der Waals surface area (Å²) < 4.78 is 13.9. The fourth-order valence-electron chi connectivity index (χ4n) is 4.15. The molecule has 2 aromatic heterocycles. The number of aromatic nitrogens is 3. The molecule has 4 aromatic rings. The summed E-state index contributed by atoms with van der Waals surface area (Å²) in [5.74, 6) is 0.783. The van der Waals surface area contributed by atoms with Gasteiger partial charge >= 0.3 is 0 Å². The molecule has 2 aromatic carbocycles. The minimum absolute atomic E-state index is 0.434. The zero-order valence-electron chi connectivity index (χ0n) is 18.0. The molecule has 1 aliphatic rings. The molecule has 32 heavy (non-hydrogen) atoms. The fraction of sp³-hybridized carbons (Fsp3) is 0.192. The minimum atomic E-state index is 0.434. The highest BCUT2D eigenvalue weighted by atomic mass is 16.5. The number of nitrogens with zero attached hydrogens (tertiary/aromatic N) is 4. The van der Waals surface area contributed by atoms with Crippen molar-refractivity contribution in [2.45, 2.75) is 27.0 Å². The molecular weight excluding hydrogens is 400 g/mol. The summed E-state index contributed by atoms with van der Waals surface area (Å²) in [4.78, 5) is 9.23. The quantitative estimate of drug-likeness (QED) is 0.431. The third-order valence-corrected chi connectivity index (χ3v) is 5.64. The van der Waals surface area contributed by atoms with Gasteiger partial charge in [0.1, 0.15) is 17.9 Å². The van der Waals surface area contributed by atoms with Crippen molar-refractivity contribution >= 4 is 16.7 Å². The number of rotatable bonds is 4. The highest BCUT2D eigenvalue weighted by molar-refractivity contribution is 5.86. The van der Waals surface area contributed by atoms with E-state index in [2.05, 4.69) is 34.2 Å². The van der Waals surface area contributed by atoms with Crippen LogP contribution in [0, 0.1) is 18.3 Å². The third-order valence-electron chi connectivity index (χ3n) is 5.64. The number of hydrogen-bond donors (Lipinski definition) is 0. The number of pyridine rings is 1. The maximum absolute atomic E-state index is 9.39. The molecule has 0 radical (unpaired) electrons. The van der Waals surface area contributed by atoms with Gasteiger partial charge in [-0.1, -0.05) is 30.3 Å². The molecule has 0 bridgehead atoms. The second-order valence-electron chi connectivity index (χ2n) is 7.68. The zero-order valence-corrected chi connectivity index (χ0v) is 18.0. The van der Waals surface area contributed by atoms with Crippen LogP contribution in [0.4, 0.5) is 0 Å².